The lowest BCUT2D eigenvalue weighted by Gasteiger charge is -2.04. The number of nitrogens with zero attached hydrogens (tertiary/aromatic N) is 1. The summed E-state index contributed by atoms with van der Waals surface area (Å²) in [6, 6.07) is 8.66. The number of halogens is 1. The molecule has 0 aromatic heterocycles. The van der Waals surface area contributed by atoms with Crippen LogP contribution in [-0.2, 0) is 11.3 Å². The van der Waals surface area contributed by atoms with Gasteiger partial charge in [0.1, 0.15) is 5.82 Å². The van der Waals surface area contributed by atoms with Crippen LogP contribution >= 0.6 is 0 Å². The Hall–Kier alpha value is -1.40. The molecule has 0 amide bonds. The fourth-order valence-corrected chi connectivity index (χ4v) is 1.21. The predicted molar refractivity (Wildman–Crippen MR) is 55.5 cm³/mol. The van der Waals surface area contributed by atoms with Gasteiger partial charge in [0.15, 0.2) is 0 Å². The van der Waals surface area contributed by atoms with Gasteiger partial charge in [-0.25, -0.2) is 4.39 Å². The molecular weight excluding hydrogens is 193 g/mol. The molecule has 3 heteroatoms. The Balaban J connectivity index is 2.16. The maximum Gasteiger partial charge on any atom is 0.128 e. The van der Waals surface area contributed by atoms with Crippen LogP contribution in [-0.4, -0.2) is 6.61 Å². The molecule has 1 aromatic carbocycles. The second-order valence-electron chi connectivity index (χ2n) is 3.26. The van der Waals surface area contributed by atoms with Gasteiger partial charge in [-0.1, -0.05) is 18.2 Å². The average Bonchev–Trinajstić information content (AvgIpc) is 2.25. The molecule has 1 aromatic rings. The van der Waals surface area contributed by atoms with Crippen molar-refractivity contribution in [3.63, 3.8) is 0 Å². The summed E-state index contributed by atoms with van der Waals surface area (Å²) in [5, 5.41) is 8.30. The minimum absolute atomic E-state index is 0.227. The largest absolute Gasteiger partial charge is 0.377 e. The smallest absolute Gasteiger partial charge is 0.128 e. The molecule has 80 valence electrons. The van der Waals surface area contributed by atoms with Gasteiger partial charge in [-0.2, -0.15) is 5.26 Å². The Labute approximate surface area is 89.3 Å². The summed E-state index contributed by atoms with van der Waals surface area (Å²) in [6.45, 7) is 0.884. The summed E-state index contributed by atoms with van der Waals surface area (Å²) in [5.74, 6) is -0.227. The molecule has 0 atom stereocenters. The minimum Gasteiger partial charge on any atom is -0.377 e. The van der Waals surface area contributed by atoms with Crippen LogP contribution in [0.5, 0.6) is 0 Å². The van der Waals surface area contributed by atoms with E-state index in [-0.39, 0.29) is 5.82 Å². The quantitative estimate of drug-likeness (QED) is 0.672. The van der Waals surface area contributed by atoms with Crippen LogP contribution in [0.15, 0.2) is 24.3 Å². The second kappa shape index (κ2) is 6.97. The SMILES string of the molecule is N#CCCCCOCc1ccccc1F. The summed E-state index contributed by atoms with van der Waals surface area (Å²) in [4.78, 5) is 0. The van der Waals surface area contributed by atoms with Gasteiger partial charge in [0.2, 0.25) is 0 Å². The molecule has 1 rings (SSSR count). The van der Waals surface area contributed by atoms with E-state index in [0.717, 1.165) is 12.8 Å². The van der Waals surface area contributed by atoms with Gasteiger partial charge < -0.3 is 4.74 Å². The Kier molecular flexibility index (Phi) is 5.42. The Morgan fingerprint density at radius 2 is 2.07 bits per heavy atom. The van der Waals surface area contributed by atoms with Gasteiger partial charge in [-0.15, -0.1) is 0 Å². The monoisotopic (exact) mass is 207 g/mol. The summed E-state index contributed by atoms with van der Waals surface area (Å²) in [5.41, 5.74) is 0.581. The van der Waals surface area contributed by atoms with Gasteiger partial charge >= 0.3 is 0 Å². The van der Waals surface area contributed by atoms with Crippen LogP contribution < -0.4 is 0 Å². The number of nitriles is 1. The highest BCUT2D eigenvalue weighted by atomic mass is 19.1. The van der Waals surface area contributed by atoms with Crippen molar-refractivity contribution in [2.75, 3.05) is 6.61 Å². The third-order valence-electron chi connectivity index (χ3n) is 2.04. The van der Waals surface area contributed by atoms with E-state index < -0.39 is 0 Å². The van der Waals surface area contributed by atoms with Gasteiger partial charge in [0.25, 0.3) is 0 Å². The van der Waals surface area contributed by atoms with Crippen LogP contribution in [0.1, 0.15) is 24.8 Å². The highest BCUT2D eigenvalue weighted by molar-refractivity contribution is 5.16. The molecule has 0 radical (unpaired) electrons. The zero-order chi connectivity index (χ0) is 10.9. The first-order valence-corrected chi connectivity index (χ1v) is 5.02. The third-order valence-corrected chi connectivity index (χ3v) is 2.04. The number of hydrogen-bond donors (Lipinski definition) is 0. The van der Waals surface area contributed by atoms with Gasteiger partial charge in [-0.05, 0) is 18.9 Å². The first-order chi connectivity index (χ1) is 7.34. The third kappa shape index (κ3) is 4.57. The van der Waals surface area contributed by atoms with E-state index in [1.165, 1.54) is 6.07 Å². The zero-order valence-electron chi connectivity index (χ0n) is 8.58. The Morgan fingerprint density at radius 1 is 1.27 bits per heavy atom. The number of unbranched alkanes of at least 4 members (excludes halogenated alkanes) is 2. The topological polar surface area (TPSA) is 33.0 Å². The molecule has 0 heterocycles. The molecule has 0 saturated heterocycles. The number of ether oxygens (including phenoxy) is 1. The first-order valence-electron chi connectivity index (χ1n) is 5.02. The molecular formula is C12H14FNO. The standard InChI is InChI=1S/C12H14FNO/c13-12-7-3-2-6-11(12)10-15-9-5-1-4-8-14/h2-3,6-7H,1,4-5,9-10H2. The van der Waals surface area contributed by atoms with Gasteiger partial charge in [0, 0.05) is 18.6 Å². The molecule has 0 unspecified atom stereocenters. The maximum absolute atomic E-state index is 13.1. The van der Waals surface area contributed by atoms with Crippen molar-refractivity contribution in [3.8, 4) is 6.07 Å². The fraction of sp³-hybridized carbons (Fsp3) is 0.417. The minimum atomic E-state index is -0.227. The predicted octanol–water partition coefficient (Wildman–Crippen LogP) is 3.04. The molecule has 0 fully saturated rings. The van der Waals surface area contributed by atoms with Gasteiger partial charge in [0.05, 0.1) is 12.7 Å². The van der Waals surface area contributed by atoms with Crippen molar-refractivity contribution in [1.82, 2.24) is 0 Å². The molecule has 0 aliphatic carbocycles. The molecule has 15 heavy (non-hydrogen) atoms. The summed E-state index contributed by atoms with van der Waals surface area (Å²) in [7, 11) is 0. The second-order valence-corrected chi connectivity index (χ2v) is 3.26. The Bertz CT molecular complexity index is 333. The van der Waals surface area contributed by atoms with E-state index >= 15 is 0 Å². The van der Waals surface area contributed by atoms with E-state index in [0.29, 0.717) is 25.2 Å². The van der Waals surface area contributed by atoms with Gasteiger partial charge in [-0.3, -0.25) is 0 Å². The molecule has 0 bridgehead atoms. The van der Waals surface area contributed by atoms with Crippen molar-refractivity contribution in [1.29, 1.82) is 5.26 Å². The number of hydrogen-bond acceptors (Lipinski definition) is 2. The van der Waals surface area contributed by atoms with Crippen molar-refractivity contribution >= 4 is 0 Å². The molecule has 0 aliphatic rings. The van der Waals surface area contributed by atoms with Crippen molar-refractivity contribution < 1.29 is 9.13 Å². The van der Waals surface area contributed by atoms with E-state index in [1.54, 1.807) is 18.2 Å². The molecule has 2 nitrogen and oxygen atoms in total. The first kappa shape index (κ1) is 11.7. The normalized spacial score (nSPS) is 9.87. The Morgan fingerprint density at radius 3 is 2.80 bits per heavy atom. The van der Waals surface area contributed by atoms with Crippen LogP contribution in [0.3, 0.4) is 0 Å². The summed E-state index contributed by atoms with van der Waals surface area (Å²) in [6.07, 6.45) is 2.25. The van der Waals surface area contributed by atoms with Crippen molar-refractivity contribution in [2.45, 2.75) is 25.9 Å². The maximum atomic E-state index is 13.1. The number of benzene rings is 1. The van der Waals surface area contributed by atoms with E-state index in [2.05, 4.69) is 6.07 Å². The van der Waals surface area contributed by atoms with E-state index in [1.807, 2.05) is 0 Å². The summed E-state index contributed by atoms with van der Waals surface area (Å²) < 4.78 is 18.4. The van der Waals surface area contributed by atoms with Crippen LogP contribution in [0.4, 0.5) is 4.39 Å². The van der Waals surface area contributed by atoms with Crippen molar-refractivity contribution in [2.24, 2.45) is 0 Å². The molecule has 0 saturated carbocycles. The number of rotatable bonds is 6. The fourth-order valence-electron chi connectivity index (χ4n) is 1.21. The molecule has 0 aliphatic heterocycles. The lowest BCUT2D eigenvalue weighted by Crippen LogP contribution is -1.97. The van der Waals surface area contributed by atoms with E-state index in [4.69, 9.17) is 10.00 Å². The summed E-state index contributed by atoms with van der Waals surface area (Å²) >= 11 is 0. The lowest BCUT2D eigenvalue weighted by atomic mass is 10.2. The average molecular weight is 207 g/mol. The van der Waals surface area contributed by atoms with Crippen molar-refractivity contribution in [3.05, 3.63) is 35.6 Å². The zero-order valence-corrected chi connectivity index (χ0v) is 8.58. The molecule has 0 N–H and O–H groups in total. The highest BCUT2D eigenvalue weighted by Gasteiger charge is 1.99. The van der Waals surface area contributed by atoms with Crippen LogP contribution in [0, 0.1) is 17.1 Å². The lowest BCUT2D eigenvalue weighted by molar-refractivity contribution is 0.115. The molecule has 0 spiro atoms. The van der Waals surface area contributed by atoms with Crippen LogP contribution in [0.2, 0.25) is 0 Å². The van der Waals surface area contributed by atoms with Crippen LogP contribution in [0.25, 0.3) is 0 Å². The van der Waals surface area contributed by atoms with E-state index in [9.17, 15) is 4.39 Å². The highest BCUT2D eigenvalue weighted by Crippen LogP contribution is 2.08.